The monoisotopic (exact) mass is 361 g/mol. The molecule has 4 N–H and O–H groups in total. The molecule has 0 unspecified atom stereocenters. The van der Waals surface area contributed by atoms with Crippen molar-refractivity contribution in [2.45, 2.75) is 26.7 Å². The van der Waals surface area contributed by atoms with Gasteiger partial charge in [-0.3, -0.25) is 20.4 Å². The summed E-state index contributed by atoms with van der Waals surface area (Å²) >= 11 is 0. The molecule has 8 heteroatoms. The van der Waals surface area contributed by atoms with Gasteiger partial charge in [-0.15, -0.1) is 0 Å². The molecule has 1 saturated heterocycles. The highest BCUT2D eigenvalue weighted by Gasteiger charge is 2.27. The molecule has 1 heterocycles. The van der Waals surface area contributed by atoms with Crippen LogP contribution in [0.1, 0.15) is 37.0 Å². The number of hydrogen-bond donors (Lipinski definition) is 3. The molecule has 1 aliphatic rings. The molecule has 0 aliphatic carbocycles. The van der Waals surface area contributed by atoms with E-state index < -0.39 is 6.03 Å². The molecule has 0 spiro atoms. The molecule has 0 aromatic heterocycles. The van der Waals surface area contributed by atoms with E-state index >= 15 is 0 Å². The summed E-state index contributed by atoms with van der Waals surface area (Å²) in [4.78, 5) is 39.3. The molecule has 0 bridgehead atoms. The fourth-order valence-electron chi connectivity index (χ4n) is 3.10. The maximum atomic E-state index is 12.2. The van der Waals surface area contributed by atoms with Gasteiger partial charge in [0, 0.05) is 37.4 Å². The molecular weight excluding hydrogens is 334 g/mol. The molecule has 8 nitrogen and oxygen atoms in total. The number of nitrogens with two attached hydrogens (primary N) is 1. The van der Waals surface area contributed by atoms with E-state index in [0.717, 1.165) is 18.8 Å². The lowest BCUT2D eigenvalue weighted by Crippen LogP contribution is -2.50. The highest BCUT2D eigenvalue weighted by Crippen LogP contribution is 2.16. The van der Waals surface area contributed by atoms with E-state index in [1.54, 1.807) is 12.1 Å². The van der Waals surface area contributed by atoms with Gasteiger partial charge in [0.25, 0.3) is 5.91 Å². The van der Waals surface area contributed by atoms with Crippen LogP contribution in [-0.2, 0) is 4.79 Å². The molecule has 26 heavy (non-hydrogen) atoms. The lowest BCUT2D eigenvalue weighted by Gasteiger charge is -2.30. The van der Waals surface area contributed by atoms with Crippen molar-refractivity contribution in [2.24, 2.45) is 11.7 Å². The topological polar surface area (TPSA) is 108 Å². The van der Waals surface area contributed by atoms with Crippen LogP contribution in [0, 0.1) is 5.92 Å². The third kappa shape index (κ3) is 4.87. The third-order valence-electron chi connectivity index (χ3n) is 4.66. The Balaban J connectivity index is 1.87. The number of piperidine rings is 1. The van der Waals surface area contributed by atoms with Crippen molar-refractivity contribution in [1.29, 1.82) is 0 Å². The van der Waals surface area contributed by atoms with Crippen LogP contribution in [0.25, 0.3) is 0 Å². The summed E-state index contributed by atoms with van der Waals surface area (Å²) in [6, 6.07) is 6.69. The van der Waals surface area contributed by atoms with E-state index in [0.29, 0.717) is 24.9 Å². The highest BCUT2D eigenvalue weighted by molar-refractivity contribution is 5.96. The van der Waals surface area contributed by atoms with Gasteiger partial charge in [0.15, 0.2) is 0 Å². The molecule has 4 amide bonds. The normalized spacial score (nSPS) is 16.7. The van der Waals surface area contributed by atoms with Crippen molar-refractivity contribution in [3.63, 3.8) is 0 Å². The summed E-state index contributed by atoms with van der Waals surface area (Å²) in [7, 11) is 0. The first-order valence-electron chi connectivity index (χ1n) is 8.95. The van der Waals surface area contributed by atoms with Gasteiger partial charge in [0.1, 0.15) is 0 Å². The van der Waals surface area contributed by atoms with Gasteiger partial charge in [-0.25, -0.2) is 4.79 Å². The Morgan fingerprint density at radius 1 is 1.15 bits per heavy atom. The van der Waals surface area contributed by atoms with Crippen molar-refractivity contribution in [1.82, 2.24) is 15.8 Å². The first-order chi connectivity index (χ1) is 12.5. The zero-order chi connectivity index (χ0) is 19.1. The summed E-state index contributed by atoms with van der Waals surface area (Å²) in [5, 5.41) is 0. The smallest absolute Gasteiger partial charge is 0.314 e. The van der Waals surface area contributed by atoms with Crippen LogP contribution < -0.4 is 21.5 Å². The first kappa shape index (κ1) is 19.6. The highest BCUT2D eigenvalue weighted by atomic mass is 16.2. The van der Waals surface area contributed by atoms with E-state index in [9.17, 15) is 14.4 Å². The largest absolute Gasteiger partial charge is 0.372 e. The van der Waals surface area contributed by atoms with Crippen molar-refractivity contribution < 1.29 is 14.4 Å². The van der Waals surface area contributed by atoms with Crippen molar-refractivity contribution in [3.8, 4) is 0 Å². The van der Waals surface area contributed by atoms with E-state index in [1.165, 1.54) is 4.90 Å². The number of hydrazine groups is 1. The van der Waals surface area contributed by atoms with Crippen LogP contribution in [0.5, 0.6) is 0 Å². The SMILES string of the molecule is CCN(CC)c1ccc(C(=O)NNC(=O)[C@H]2CCCN(C(N)=O)C2)cc1. The fraction of sp³-hybridized carbons (Fsp3) is 0.500. The molecule has 1 aliphatic heterocycles. The number of primary amides is 1. The summed E-state index contributed by atoms with van der Waals surface area (Å²) < 4.78 is 0. The molecular formula is C18H27N5O3. The average molecular weight is 361 g/mol. The molecule has 1 fully saturated rings. The number of urea groups is 1. The van der Waals surface area contributed by atoms with Gasteiger partial charge in [0.05, 0.1) is 5.92 Å². The Bertz CT molecular complexity index is 643. The molecule has 0 saturated carbocycles. The predicted molar refractivity (Wildman–Crippen MR) is 99.5 cm³/mol. The minimum Gasteiger partial charge on any atom is -0.372 e. The first-order valence-corrected chi connectivity index (χ1v) is 8.95. The predicted octanol–water partition coefficient (Wildman–Crippen LogP) is 1.08. The average Bonchev–Trinajstić information content (AvgIpc) is 2.67. The number of likely N-dealkylation sites (tertiary alicyclic amines) is 1. The van der Waals surface area contributed by atoms with Gasteiger partial charge in [-0.2, -0.15) is 0 Å². The van der Waals surface area contributed by atoms with Crippen molar-refractivity contribution in [3.05, 3.63) is 29.8 Å². The molecule has 2 rings (SSSR count). The Hall–Kier alpha value is -2.77. The number of nitrogens with one attached hydrogen (secondary N) is 2. The van der Waals surface area contributed by atoms with E-state index in [1.807, 2.05) is 12.1 Å². The summed E-state index contributed by atoms with van der Waals surface area (Å²) in [5.41, 5.74) is 11.6. The number of benzene rings is 1. The van der Waals surface area contributed by atoms with Crippen LogP contribution in [0.3, 0.4) is 0 Å². The number of carbonyl (C=O) groups is 3. The maximum Gasteiger partial charge on any atom is 0.314 e. The minimum atomic E-state index is -0.528. The molecule has 1 atom stereocenters. The Morgan fingerprint density at radius 2 is 1.81 bits per heavy atom. The van der Waals surface area contributed by atoms with Gasteiger partial charge < -0.3 is 15.5 Å². The maximum absolute atomic E-state index is 12.2. The van der Waals surface area contributed by atoms with Gasteiger partial charge in [-0.05, 0) is 51.0 Å². The van der Waals surface area contributed by atoms with Crippen LogP contribution in [0.2, 0.25) is 0 Å². The van der Waals surface area contributed by atoms with Gasteiger partial charge in [-0.1, -0.05) is 0 Å². The second-order valence-electron chi connectivity index (χ2n) is 6.29. The lowest BCUT2D eigenvalue weighted by atomic mass is 9.98. The van der Waals surface area contributed by atoms with E-state index in [-0.39, 0.29) is 24.3 Å². The zero-order valence-corrected chi connectivity index (χ0v) is 15.3. The molecule has 1 aromatic carbocycles. The Kier molecular flexibility index (Phi) is 6.82. The molecule has 0 radical (unpaired) electrons. The number of hydrogen-bond acceptors (Lipinski definition) is 4. The Labute approximate surface area is 153 Å². The number of anilines is 1. The Morgan fingerprint density at radius 3 is 2.38 bits per heavy atom. The summed E-state index contributed by atoms with van der Waals surface area (Å²) in [5.74, 6) is -1.07. The quantitative estimate of drug-likeness (QED) is 0.682. The van der Waals surface area contributed by atoms with Crippen LogP contribution >= 0.6 is 0 Å². The lowest BCUT2D eigenvalue weighted by molar-refractivity contribution is -0.127. The van der Waals surface area contributed by atoms with Crippen molar-refractivity contribution in [2.75, 3.05) is 31.1 Å². The third-order valence-corrected chi connectivity index (χ3v) is 4.66. The van der Waals surface area contributed by atoms with E-state index in [2.05, 4.69) is 29.6 Å². The number of amides is 4. The molecule has 1 aromatic rings. The zero-order valence-electron chi connectivity index (χ0n) is 15.3. The van der Waals surface area contributed by atoms with Crippen LogP contribution in [0.15, 0.2) is 24.3 Å². The molecule has 142 valence electrons. The second kappa shape index (κ2) is 9.07. The number of nitrogens with zero attached hydrogens (tertiary/aromatic N) is 2. The summed E-state index contributed by atoms with van der Waals surface area (Å²) in [6.45, 7) is 6.76. The van der Waals surface area contributed by atoms with Crippen LogP contribution in [-0.4, -0.2) is 48.9 Å². The standard InChI is InChI=1S/C18H27N5O3/c1-3-22(4-2)15-9-7-13(8-10-15)16(24)20-21-17(25)14-6-5-11-23(12-14)18(19)26/h7-10,14H,3-6,11-12H2,1-2H3,(H2,19,26)(H,20,24)(H,21,25)/t14-/m0/s1. The van der Waals surface area contributed by atoms with E-state index in [4.69, 9.17) is 5.73 Å². The number of carbonyl (C=O) groups excluding carboxylic acids is 3. The van der Waals surface area contributed by atoms with Gasteiger partial charge in [0.2, 0.25) is 5.91 Å². The second-order valence-corrected chi connectivity index (χ2v) is 6.29. The summed E-state index contributed by atoms with van der Waals surface area (Å²) in [6.07, 6.45) is 1.37. The number of rotatable bonds is 5. The van der Waals surface area contributed by atoms with Gasteiger partial charge >= 0.3 is 6.03 Å². The minimum absolute atomic E-state index is 0.273. The van der Waals surface area contributed by atoms with Crippen molar-refractivity contribution >= 4 is 23.5 Å². The fourth-order valence-corrected chi connectivity index (χ4v) is 3.10. The van der Waals surface area contributed by atoms with Crippen LogP contribution in [0.4, 0.5) is 10.5 Å².